The predicted octanol–water partition coefficient (Wildman–Crippen LogP) is 6.55. The van der Waals surface area contributed by atoms with Crippen LogP contribution in [0.5, 0.6) is 0 Å². The Morgan fingerprint density at radius 1 is 0.829 bits per heavy atom. The van der Waals surface area contributed by atoms with Gasteiger partial charge in [0.15, 0.2) is 0 Å². The zero-order valence-corrected chi connectivity index (χ0v) is 27.4. The van der Waals surface area contributed by atoms with Crippen molar-refractivity contribution in [2.24, 2.45) is 5.92 Å². The molecule has 2 aromatic carbocycles. The average Bonchev–Trinajstić information content (AvgIpc) is 2.97. The molecular formula is C32H48ClN5OS2. The highest BCUT2D eigenvalue weighted by molar-refractivity contribution is 7.97. The van der Waals surface area contributed by atoms with Gasteiger partial charge >= 0.3 is 0 Å². The number of anilines is 1. The Bertz CT molecular complexity index is 1070. The molecule has 0 aromatic heterocycles. The summed E-state index contributed by atoms with van der Waals surface area (Å²) in [4.78, 5) is 6.23. The predicted molar refractivity (Wildman–Crippen MR) is 177 cm³/mol. The minimum absolute atomic E-state index is 0.685. The topological polar surface area (TPSA) is 25.4 Å². The van der Waals surface area contributed by atoms with Gasteiger partial charge in [-0.25, -0.2) is 12.9 Å². The van der Waals surface area contributed by atoms with Crippen LogP contribution in [0.4, 0.5) is 5.69 Å². The van der Waals surface area contributed by atoms with E-state index in [4.69, 9.17) is 16.3 Å². The summed E-state index contributed by atoms with van der Waals surface area (Å²) in [7, 11) is 4.21. The van der Waals surface area contributed by atoms with Gasteiger partial charge in [-0.05, 0) is 117 Å². The Labute approximate surface area is 262 Å². The fourth-order valence-corrected chi connectivity index (χ4v) is 8.36. The van der Waals surface area contributed by atoms with Gasteiger partial charge in [-0.2, -0.15) is 0 Å². The lowest BCUT2D eigenvalue weighted by Crippen LogP contribution is -2.38. The molecule has 41 heavy (non-hydrogen) atoms. The Kier molecular flexibility index (Phi) is 12.4. The Morgan fingerprint density at radius 3 is 2.27 bits per heavy atom. The van der Waals surface area contributed by atoms with Crippen molar-refractivity contribution in [2.75, 3.05) is 84.6 Å². The van der Waals surface area contributed by atoms with E-state index >= 15 is 0 Å². The molecule has 0 spiro atoms. The van der Waals surface area contributed by atoms with Gasteiger partial charge in [0.05, 0.1) is 6.61 Å². The molecule has 0 aliphatic carbocycles. The van der Waals surface area contributed by atoms with E-state index in [2.05, 4.69) is 73.2 Å². The van der Waals surface area contributed by atoms with Crippen LogP contribution in [0.3, 0.4) is 0 Å². The number of halogens is 1. The molecular weight excluding hydrogens is 570 g/mol. The lowest BCUT2D eigenvalue weighted by atomic mass is 10.0. The van der Waals surface area contributed by atoms with Crippen molar-refractivity contribution >= 4 is 41.4 Å². The van der Waals surface area contributed by atoms with Gasteiger partial charge in [0.1, 0.15) is 0 Å². The summed E-state index contributed by atoms with van der Waals surface area (Å²) in [6.07, 6.45) is 7.21. The standard InChI is InChI=1S/C32H48ClN5OS2/c1-34(2)31-10-12-32(13-11-31)40-36-17-4-15-35(24-27-7-3-22-39-26-27)16-5-19-37(20-6-18-36)41-38-21-14-28-23-30(33)9-8-29(28)25-38/h8-13,23,27H,3-7,14-22,24-26H2,1-2H3. The normalized spacial score (nSPS) is 23.0. The fraction of sp³-hybridized carbons (Fsp3) is 0.625. The van der Waals surface area contributed by atoms with Crippen LogP contribution in [0.25, 0.3) is 0 Å². The van der Waals surface area contributed by atoms with E-state index < -0.39 is 0 Å². The highest BCUT2D eigenvalue weighted by Crippen LogP contribution is 2.30. The molecule has 0 N–H and O–H groups in total. The van der Waals surface area contributed by atoms with Gasteiger partial charge in [-0.3, -0.25) is 0 Å². The molecule has 0 saturated carbocycles. The molecule has 3 aliphatic heterocycles. The molecule has 0 radical (unpaired) electrons. The maximum Gasteiger partial charge on any atom is 0.0506 e. The first kappa shape index (κ1) is 31.5. The van der Waals surface area contributed by atoms with Gasteiger partial charge in [0.2, 0.25) is 0 Å². The van der Waals surface area contributed by atoms with Gasteiger partial charge in [0, 0.05) is 94.3 Å². The summed E-state index contributed by atoms with van der Waals surface area (Å²) >= 11 is 10.2. The first-order valence-corrected chi connectivity index (χ1v) is 17.4. The molecule has 5 rings (SSSR count). The molecule has 9 heteroatoms. The largest absolute Gasteiger partial charge is 0.381 e. The average molecular weight is 618 g/mol. The van der Waals surface area contributed by atoms with E-state index in [-0.39, 0.29) is 0 Å². The summed E-state index contributed by atoms with van der Waals surface area (Å²) in [5.74, 6) is 0.685. The number of benzene rings is 2. The van der Waals surface area contributed by atoms with Crippen molar-refractivity contribution in [3.63, 3.8) is 0 Å². The van der Waals surface area contributed by atoms with Crippen LogP contribution in [-0.2, 0) is 17.7 Å². The van der Waals surface area contributed by atoms with Crippen molar-refractivity contribution in [3.05, 3.63) is 58.6 Å². The summed E-state index contributed by atoms with van der Waals surface area (Å²) in [6.45, 7) is 11.9. The van der Waals surface area contributed by atoms with E-state index in [1.54, 1.807) is 0 Å². The van der Waals surface area contributed by atoms with E-state index in [9.17, 15) is 0 Å². The summed E-state index contributed by atoms with van der Waals surface area (Å²) < 4.78 is 13.6. The number of hydrogen-bond acceptors (Lipinski definition) is 8. The molecule has 0 bridgehead atoms. The van der Waals surface area contributed by atoms with Gasteiger partial charge in [-0.15, -0.1) is 0 Å². The molecule has 1 atom stereocenters. The number of rotatable bonds is 7. The van der Waals surface area contributed by atoms with Crippen LogP contribution in [0.1, 0.15) is 43.2 Å². The van der Waals surface area contributed by atoms with Crippen molar-refractivity contribution in [2.45, 2.75) is 50.0 Å². The van der Waals surface area contributed by atoms with Crippen LogP contribution in [-0.4, -0.2) is 97.5 Å². The van der Waals surface area contributed by atoms with E-state index in [0.29, 0.717) is 5.92 Å². The van der Waals surface area contributed by atoms with Crippen molar-refractivity contribution in [3.8, 4) is 0 Å². The molecule has 2 fully saturated rings. The zero-order valence-electron chi connectivity index (χ0n) is 25.0. The molecule has 6 nitrogen and oxygen atoms in total. The monoisotopic (exact) mass is 617 g/mol. The molecule has 3 aliphatic rings. The van der Waals surface area contributed by atoms with Crippen LogP contribution in [0.2, 0.25) is 5.02 Å². The number of hydrogen-bond donors (Lipinski definition) is 0. The van der Waals surface area contributed by atoms with Crippen LogP contribution in [0.15, 0.2) is 47.4 Å². The quantitative estimate of drug-likeness (QED) is 0.323. The third-order valence-corrected chi connectivity index (χ3v) is 10.8. The zero-order chi connectivity index (χ0) is 28.4. The second-order valence-electron chi connectivity index (χ2n) is 11.9. The summed E-state index contributed by atoms with van der Waals surface area (Å²) in [6, 6.07) is 15.4. The minimum atomic E-state index is 0.685. The maximum absolute atomic E-state index is 6.27. The smallest absolute Gasteiger partial charge is 0.0506 e. The number of nitrogens with zero attached hydrogens (tertiary/aromatic N) is 5. The highest BCUT2D eigenvalue weighted by Gasteiger charge is 2.22. The molecule has 2 saturated heterocycles. The summed E-state index contributed by atoms with van der Waals surface area (Å²) in [5.41, 5.74) is 4.09. The Morgan fingerprint density at radius 2 is 1.56 bits per heavy atom. The Balaban J connectivity index is 1.22. The van der Waals surface area contributed by atoms with Crippen molar-refractivity contribution in [1.29, 1.82) is 0 Å². The second-order valence-corrected chi connectivity index (χ2v) is 14.7. The molecule has 226 valence electrons. The van der Waals surface area contributed by atoms with E-state index in [0.717, 1.165) is 63.9 Å². The van der Waals surface area contributed by atoms with Crippen molar-refractivity contribution < 1.29 is 4.74 Å². The lowest BCUT2D eigenvalue weighted by molar-refractivity contribution is 0.0377. The Hall–Kier alpha value is -0.970. The van der Waals surface area contributed by atoms with E-state index in [1.807, 2.05) is 30.1 Å². The van der Waals surface area contributed by atoms with Crippen LogP contribution < -0.4 is 4.90 Å². The second kappa shape index (κ2) is 16.2. The maximum atomic E-state index is 6.27. The third-order valence-electron chi connectivity index (χ3n) is 8.31. The number of ether oxygens (including phenoxy) is 1. The van der Waals surface area contributed by atoms with Gasteiger partial charge in [0.25, 0.3) is 0 Å². The molecule has 2 aromatic rings. The minimum Gasteiger partial charge on any atom is -0.381 e. The van der Waals surface area contributed by atoms with Crippen molar-refractivity contribution in [1.82, 2.24) is 17.8 Å². The SMILES string of the molecule is CN(C)c1ccc(SN2CCCN(CC3CCCOC3)CCCN(SN3CCc4cc(Cl)ccc4C3)CCC2)cc1. The fourth-order valence-electron chi connectivity index (χ4n) is 6.06. The summed E-state index contributed by atoms with van der Waals surface area (Å²) in [5, 5.41) is 0.855. The highest BCUT2D eigenvalue weighted by atomic mass is 35.5. The first-order valence-electron chi connectivity index (χ1n) is 15.5. The van der Waals surface area contributed by atoms with Crippen LogP contribution in [0, 0.1) is 5.92 Å². The van der Waals surface area contributed by atoms with Crippen LogP contribution >= 0.6 is 35.7 Å². The molecule has 0 amide bonds. The number of fused-ring (bicyclic) bond motifs is 1. The van der Waals surface area contributed by atoms with E-state index in [1.165, 1.54) is 73.4 Å². The first-order chi connectivity index (χ1) is 20.0. The third kappa shape index (κ3) is 10.0. The molecule has 3 heterocycles. The van der Waals surface area contributed by atoms with Gasteiger partial charge in [-0.1, -0.05) is 17.7 Å². The molecule has 1 unspecified atom stereocenters. The lowest BCUT2D eigenvalue weighted by Gasteiger charge is -2.34. The van der Waals surface area contributed by atoms with Gasteiger partial charge < -0.3 is 14.5 Å².